The van der Waals surface area contributed by atoms with Crippen LogP contribution in [0.4, 0.5) is 4.39 Å². The van der Waals surface area contributed by atoms with Gasteiger partial charge in [0.15, 0.2) is 5.65 Å². The molecule has 0 aliphatic carbocycles. The van der Waals surface area contributed by atoms with Crippen LogP contribution in [-0.2, 0) is 0 Å². The zero-order valence-corrected chi connectivity index (χ0v) is 18.2. The van der Waals surface area contributed by atoms with Gasteiger partial charge in [0.1, 0.15) is 12.1 Å². The van der Waals surface area contributed by atoms with Gasteiger partial charge in [0.05, 0.1) is 11.4 Å². The highest BCUT2D eigenvalue weighted by atomic mass is 19.1. The van der Waals surface area contributed by atoms with Gasteiger partial charge < -0.3 is 4.90 Å². The Morgan fingerprint density at radius 1 is 1.10 bits per heavy atom. The van der Waals surface area contributed by atoms with Crippen LogP contribution in [0.15, 0.2) is 36.8 Å². The van der Waals surface area contributed by atoms with Crippen LogP contribution in [0, 0.1) is 12.7 Å². The molecule has 6 nitrogen and oxygen atoms in total. The van der Waals surface area contributed by atoms with Crippen molar-refractivity contribution in [1.82, 2.24) is 29.7 Å². The standard InChI is InChI=1S/C23H27FN6/c1-13(2)20-21(16-7-8-19(24)18(10-16)15(4)29(5)6)27-28-22(20)17-9-14(3)23-25-12-26-30(23)11-17/h7-13,15H,1-6H3,(H,27,28)/t15-/m0/s1. The molecule has 0 fully saturated rings. The van der Waals surface area contributed by atoms with Crippen molar-refractivity contribution in [2.24, 2.45) is 0 Å². The lowest BCUT2D eigenvalue weighted by Crippen LogP contribution is -2.18. The number of pyridine rings is 1. The Hall–Kier alpha value is -3.06. The summed E-state index contributed by atoms with van der Waals surface area (Å²) < 4.78 is 16.3. The second-order valence-corrected chi connectivity index (χ2v) is 8.33. The molecule has 0 unspecified atom stereocenters. The van der Waals surface area contributed by atoms with Crippen LogP contribution in [0.25, 0.3) is 28.2 Å². The Labute approximate surface area is 175 Å². The van der Waals surface area contributed by atoms with E-state index >= 15 is 0 Å². The molecule has 1 aromatic carbocycles. The summed E-state index contributed by atoms with van der Waals surface area (Å²) in [5.74, 6) is 0.0262. The van der Waals surface area contributed by atoms with E-state index in [9.17, 15) is 4.39 Å². The Morgan fingerprint density at radius 3 is 2.57 bits per heavy atom. The summed E-state index contributed by atoms with van der Waals surface area (Å²) in [6, 6.07) is 7.33. The van der Waals surface area contributed by atoms with Crippen molar-refractivity contribution >= 4 is 5.65 Å². The fourth-order valence-corrected chi connectivity index (χ4v) is 3.87. The van der Waals surface area contributed by atoms with E-state index in [0.29, 0.717) is 5.56 Å². The first-order chi connectivity index (χ1) is 14.3. The molecule has 156 valence electrons. The molecule has 1 atom stereocenters. The molecule has 3 aromatic heterocycles. The van der Waals surface area contributed by atoms with Crippen LogP contribution in [0.5, 0.6) is 0 Å². The van der Waals surface area contributed by atoms with E-state index < -0.39 is 0 Å². The number of hydrogen-bond acceptors (Lipinski definition) is 4. The first-order valence-corrected chi connectivity index (χ1v) is 10.1. The van der Waals surface area contributed by atoms with Crippen molar-refractivity contribution in [2.45, 2.75) is 39.7 Å². The van der Waals surface area contributed by atoms with Gasteiger partial charge in [-0.2, -0.15) is 10.2 Å². The van der Waals surface area contributed by atoms with Crippen LogP contribution in [0.3, 0.4) is 0 Å². The van der Waals surface area contributed by atoms with Crippen molar-refractivity contribution in [1.29, 1.82) is 0 Å². The molecule has 0 radical (unpaired) electrons. The first-order valence-electron chi connectivity index (χ1n) is 10.1. The average Bonchev–Trinajstić information content (AvgIpc) is 3.35. The maximum atomic E-state index is 14.5. The van der Waals surface area contributed by atoms with E-state index in [-0.39, 0.29) is 17.8 Å². The highest BCUT2D eigenvalue weighted by Gasteiger charge is 2.22. The van der Waals surface area contributed by atoms with E-state index in [1.807, 2.05) is 51.2 Å². The van der Waals surface area contributed by atoms with Gasteiger partial charge in [0, 0.05) is 34.5 Å². The number of rotatable bonds is 5. The summed E-state index contributed by atoms with van der Waals surface area (Å²) >= 11 is 0. The number of hydrogen-bond donors (Lipinski definition) is 1. The molecule has 0 saturated carbocycles. The molecule has 4 aromatic rings. The van der Waals surface area contributed by atoms with Crippen LogP contribution in [-0.4, -0.2) is 43.8 Å². The second-order valence-electron chi connectivity index (χ2n) is 8.33. The maximum absolute atomic E-state index is 14.5. The highest BCUT2D eigenvalue weighted by Crippen LogP contribution is 2.37. The normalized spacial score (nSPS) is 13.0. The van der Waals surface area contributed by atoms with Crippen LogP contribution in [0.1, 0.15) is 49.4 Å². The molecule has 0 bridgehead atoms. The summed E-state index contributed by atoms with van der Waals surface area (Å²) in [5, 5.41) is 12.2. The Kier molecular flexibility index (Phi) is 5.15. The van der Waals surface area contributed by atoms with Gasteiger partial charge in [-0.15, -0.1) is 0 Å². The third-order valence-electron chi connectivity index (χ3n) is 5.72. The minimum Gasteiger partial charge on any atom is -0.303 e. The zero-order valence-electron chi connectivity index (χ0n) is 18.2. The number of fused-ring (bicyclic) bond motifs is 1. The number of aromatic nitrogens is 5. The lowest BCUT2D eigenvalue weighted by Gasteiger charge is -2.21. The lowest BCUT2D eigenvalue weighted by molar-refractivity contribution is 0.313. The van der Waals surface area contributed by atoms with Gasteiger partial charge in [-0.05, 0) is 63.7 Å². The number of aryl methyl sites for hydroxylation is 1. The van der Waals surface area contributed by atoms with Crippen molar-refractivity contribution < 1.29 is 4.39 Å². The van der Waals surface area contributed by atoms with E-state index in [0.717, 1.165) is 39.3 Å². The van der Waals surface area contributed by atoms with Gasteiger partial charge in [-0.3, -0.25) is 5.10 Å². The minimum atomic E-state index is -0.196. The molecule has 30 heavy (non-hydrogen) atoms. The van der Waals surface area contributed by atoms with E-state index in [2.05, 4.69) is 40.2 Å². The molecule has 0 amide bonds. The van der Waals surface area contributed by atoms with Crippen molar-refractivity contribution in [3.63, 3.8) is 0 Å². The molecule has 4 rings (SSSR count). The number of aromatic amines is 1. The highest BCUT2D eigenvalue weighted by molar-refractivity contribution is 5.76. The SMILES string of the molecule is Cc1cc(-c2n[nH]c(-c3ccc(F)c([C@H](C)N(C)C)c3)c2C(C)C)cn2ncnc12. The molecule has 3 heterocycles. The fourth-order valence-electron chi connectivity index (χ4n) is 3.87. The monoisotopic (exact) mass is 406 g/mol. The van der Waals surface area contributed by atoms with Crippen LogP contribution >= 0.6 is 0 Å². The molecule has 0 aliphatic heterocycles. The summed E-state index contributed by atoms with van der Waals surface area (Å²) in [6.45, 7) is 8.31. The van der Waals surface area contributed by atoms with E-state index in [4.69, 9.17) is 0 Å². The molecular weight excluding hydrogens is 379 g/mol. The van der Waals surface area contributed by atoms with E-state index in [1.54, 1.807) is 16.9 Å². The topological polar surface area (TPSA) is 62.1 Å². The molecule has 7 heteroatoms. The van der Waals surface area contributed by atoms with Crippen molar-refractivity contribution in [2.75, 3.05) is 14.1 Å². The largest absolute Gasteiger partial charge is 0.303 e. The molecular formula is C23H27FN6. The number of nitrogens with one attached hydrogen (secondary N) is 1. The quantitative estimate of drug-likeness (QED) is 0.508. The summed E-state index contributed by atoms with van der Waals surface area (Å²) in [5.41, 5.74) is 7.35. The van der Waals surface area contributed by atoms with Gasteiger partial charge in [-0.1, -0.05) is 13.8 Å². The summed E-state index contributed by atoms with van der Waals surface area (Å²) in [7, 11) is 3.90. The third kappa shape index (κ3) is 3.39. The zero-order chi connectivity index (χ0) is 21.6. The Morgan fingerprint density at radius 2 is 1.87 bits per heavy atom. The lowest BCUT2D eigenvalue weighted by atomic mass is 9.92. The fraction of sp³-hybridized carbons (Fsp3) is 0.348. The van der Waals surface area contributed by atoms with Crippen molar-refractivity contribution in [3.8, 4) is 22.5 Å². The molecule has 0 aliphatic rings. The van der Waals surface area contributed by atoms with Gasteiger partial charge in [0.2, 0.25) is 0 Å². The predicted octanol–water partition coefficient (Wildman–Crippen LogP) is 4.98. The van der Waals surface area contributed by atoms with E-state index in [1.165, 1.54) is 0 Å². The van der Waals surface area contributed by atoms with Gasteiger partial charge in [-0.25, -0.2) is 13.9 Å². The summed E-state index contributed by atoms with van der Waals surface area (Å²) in [4.78, 5) is 6.30. The van der Waals surface area contributed by atoms with Gasteiger partial charge in [0.25, 0.3) is 0 Å². The predicted molar refractivity (Wildman–Crippen MR) is 117 cm³/mol. The molecule has 0 spiro atoms. The second kappa shape index (κ2) is 7.65. The number of benzene rings is 1. The average molecular weight is 407 g/mol. The van der Waals surface area contributed by atoms with Crippen LogP contribution < -0.4 is 0 Å². The number of nitrogens with zero attached hydrogens (tertiary/aromatic N) is 5. The van der Waals surface area contributed by atoms with Crippen molar-refractivity contribution in [3.05, 3.63) is 59.3 Å². The maximum Gasteiger partial charge on any atom is 0.158 e. The number of halogens is 1. The Bertz CT molecular complexity index is 1200. The smallest absolute Gasteiger partial charge is 0.158 e. The minimum absolute atomic E-state index is 0.0350. The molecule has 0 saturated heterocycles. The molecule has 1 N–H and O–H groups in total. The Balaban J connectivity index is 1.87. The van der Waals surface area contributed by atoms with Crippen LogP contribution in [0.2, 0.25) is 0 Å². The number of H-pyrrole nitrogens is 1. The van der Waals surface area contributed by atoms with Gasteiger partial charge >= 0.3 is 0 Å². The summed E-state index contributed by atoms with van der Waals surface area (Å²) in [6.07, 6.45) is 3.50. The first kappa shape index (κ1) is 20.2. The third-order valence-corrected chi connectivity index (χ3v) is 5.72.